The van der Waals surface area contributed by atoms with Crippen molar-refractivity contribution in [2.24, 2.45) is 0 Å². The van der Waals surface area contributed by atoms with Crippen LogP contribution in [0.2, 0.25) is 0 Å². The number of aryl methyl sites for hydroxylation is 1. The summed E-state index contributed by atoms with van der Waals surface area (Å²) in [5.74, 6) is -0.445. The highest BCUT2D eigenvalue weighted by atomic mass is 32.2. The van der Waals surface area contributed by atoms with E-state index in [2.05, 4.69) is 20.8 Å². The van der Waals surface area contributed by atoms with Gasteiger partial charge in [-0.15, -0.1) is 21.5 Å². The predicted octanol–water partition coefficient (Wildman–Crippen LogP) is 3.80. The van der Waals surface area contributed by atoms with Gasteiger partial charge in [0.15, 0.2) is 4.34 Å². The molecule has 0 saturated carbocycles. The summed E-state index contributed by atoms with van der Waals surface area (Å²) in [6, 6.07) is 7.35. The van der Waals surface area contributed by atoms with Gasteiger partial charge >= 0.3 is 0 Å². The van der Waals surface area contributed by atoms with E-state index >= 15 is 0 Å². The largest absolute Gasteiger partial charge is 0.325 e. The smallest absolute Gasteiger partial charge is 0.269 e. The van der Waals surface area contributed by atoms with Gasteiger partial charge in [-0.1, -0.05) is 23.1 Å². The first-order chi connectivity index (χ1) is 13.4. The second-order valence-electron chi connectivity index (χ2n) is 5.46. The third kappa shape index (κ3) is 5.34. The van der Waals surface area contributed by atoms with Crippen LogP contribution in [0.5, 0.6) is 0 Å². The lowest BCUT2D eigenvalue weighted by Gasteiger charge is -2.03. The fraction of sp³-hybridized carbons (Fsp3) is 0.125. The minimum atomic E-state index is -0.507. The minimum absolute atomic E-state index is 0.0477. The molecule has 28 heavy (non-hydrogen) atoms. The van der Waals surface area contributed by atoms with Crippen LogP contribution in [0.4, 0.5) is 16.5 Å². The van der Waals surface area contributed by atoms with Crippen molar-refractivity contribution in [3.8, 4) is 0 Å². The Labute approximate surface area is 171 Å². The third-order valence-electron chi connectivity index (χ3n) is 3.27. The zero-order valence-electron chi connectivity index (χ0n) is 14.4. The van der Waals surface area contributed by atoms with Gasteiger partial charge in [-0.25, -0.2) is 0 Å². The Kier molecular flexibility index (Phi) is 6.34. The highest BCUT2D eigenvalue weighted by Crippen LogP contribution is 2.26. The van der Waals surface area contributed by atoms with E-state index in [4.69, 9.17) is 0 Å². The number of hydrogen-bond acceptors (Lipinski definition) is 9. The zero-order valence-corrected chi connectivity index (χ0v) is 16.8. The number of anilines is 2. The summed E-state index contributed by atoms with van der Waals surface area (Å²) in [7, 11) is 0. The average molecular weight is 436 g/mol. The first-order valence-corrected chi connectivity index (χ1v) is 10.5. The maximum absolute atomic E-state index is 12.1. The Bertz CT molecular complexity index is 1020. The molecule has 0 saturated heterocycles. The summed E-state index contributed by atoms with van der Waals surface area (Å²) in [4.78, 5) is 34.8. The van der Waals surface area contributed by atoms with Gasteiger partial charge in [-0.3, -0.25) is 25.0 Å². The maximum atomic E-state index is 12.1. The summed E-state index contributed by atoms with van der Waals surface area (Å²) >= 11 is 3.70. The number of nitro groups is 1. The molecule has 2 aromatic heterocycles. The van der Waals surface area contributed by atoms with Crippen molar-refractivity contribution >= 4 is 62.8 Å². The Balaban J connectivity index is 1.49. The molecule has 12 heteroatoms. The van der Waals surface area contributed by atoms with Crippen molar-refractivity contribution in [1.29, 1.82) is 0 Å². The van der Waals surface area contributed by atoms with Gasteiger partial charge in [0.1, 0.15) is 0 Å². The third-order valence-corrected chi connectivity index (χ3v) is 6.29. The Morgan fingerprint density at radius 3 is 2.61 bits per heavy atom. The number of non-ortho nitro benzene ring substituents is 1. The van der Waals surface area contributed by atoms with Gasteiger partial charge in [0.25, 0.3) is 11.6 Å². The van der Waals surface area contributed by atoms with Gasteiger partial charge in [-0.05, 0) is 36.1 Å². The number of hydrogen-bond donors (Lipinski definition) is 2. The van der Waals surface area contributed by atoms with E-state index in [0.29, 0.717) is 20.0 Å². The molecule has 1 aromatic carbocycles. The lowest BCUT2D eigenvalue weighted by molar-refractivity contribution is -0.384. The molecule has 0 radical (unpaired) electrons. The van der Waals surface area contributed by atoms with E-state index in [-0.39, 0.29) is 23.3 Å². The highest BCUT2D eigenvalue weighted by molar-refractivity contribution is 8.01. The molecular weight excluding hydrogens is 422 g/mol. The van der Waals surface area contributed by atoms with Crippen molar-refractivity contribution < 1.29 is 14.5 Å². The molecule has 2 N–H and O–H groups in total. The summed E-state index contributed by atoms with van der Waals surface area (Å²) in [5.41, 5.74) is 1.43. The lowest BCUT2D eigenvalue weighted by Crippen LogP contribution is -2.13. The molecule has 144 valence electrons. The molecule has 0 bridgehead atoms. The second kappa shape index (κ2) is 8.91. The van der Waals surface area contributed by atoms with Crippen molar-refractivity contribution in [2.45, 2.75) is 11.3 Å². The monoisotopic (exact) mass is 435 g/mol. The van der Waals surface area contributed by atoms with Crippen LogP contribution in [0.1, 0.15) is 15.2 Å². The first-order valence-electron chi connectivity index (χ1n) is 7.78. The summed E-state index contributed by atoms with van der Waals surface area (Å²) in [6.07, 6.45) is 0. The molecule has 0 aliphatic heterocycles. The summed E-state index contributed by atoms with van der Waals surface area (Å²) in [6.45, 7) is 1.91. The van der Waals surface area contributed by atoms with E-state index in [1.807, 2.05) is 12.3 Å². The lowest BCUT2D eigenvalue weighted by atomic mass is 10.3. The number of benzene rings is 1. The van der Waals surface area contributed by atoms with E-state index in [1.165, 1.54) is 58.7 Å². The van der Waals surface area contributed by atoms with Gasteiger partial charge < -0.3 is 5.32 Å². The van der Waals surface area contributed by atoms with Crippen molar-refractivity contribution in [3.05, 3.63) is 56.3 Å². The van der Waals surface area contributed by atoms with Crippen LogP contribution in [-0.4, -0.2) is 32.7 Å². The molecule has 3 rings (SSSR count). The molecule has 2 heterocycles. The summed E-state index contributed by atoms with van der Waals surface area (Å²) in [5, 5.41) is 26.0. The molecule has 0 unspecified atom stereocenters. The molecule has 0 fully saturated rings. The van der Waals surface area contributed by atoms with Crippen LogP contribution in [0.15, 0.2) is 40.1 Å². The van der Waals surface area contributed by atoms with E-state index in [1.54, 1.807) is 6.07 Å². The number of nitrogens with one attached hydrogen (secondary N) is 2. The van der Waals surface area contributed by atoms with Gasteiger partial charge in [0.2, 0.25) is 11.0 Å². The van der Waals surface area contributed by atoms with Gasteiger partial charge in [0, 0.05) is 17.8 Å². The molecule has 2 amide bonds. The number of amides is 2. The fourth-order valence-corrected chi connectivity index (χ4v) is 4.36. The van der Waals surface area contributed by atoms with Crippen molar-refractivity contribution in [2.75, 3.05) is 16.4 Å². The van der Waals surface area contributed by atoms with Crippen molar-refractivity contribution in [3.63, 3.8) is 0 Å². The number of carbonyl (C=O) groups excluding carboxylic acids is 2. The number of rotatable bonds is 7. The molecule has 0 atom stereocenters. The van der Waals surface area contributed by atoms with Gasteiger partial charge in [-0.2, -0.15) is 0 Å². The van der Waals surface area contributed by atoms with Crippen LogP contribution in [0.25, 0.3) is 0 Å². The van der Waals surface area contributed by atoms with E-state index in [0.717, 1.165) is 5.56 Å². The molecule has 0 aliphatic rings. The normalized spacial score (nSPS) is 10.5. The van der Waals surface area contributed by atoms with Crippen LogP contribution in [0.3, 0.4) is 0 Å². The Hall–Kier alpha value is -2.83. The van der Waals surface area contributed by atoms with E-state index in [9.17, 15) is 19.7 Å². The molecular formula is C16H13N5O4S3. The quantitative estimate of drug-likeness (QED) is 0.250. The number of carbonyl (C=O) groups is 2. The van der Waals surface area contributed by atoms with Crippen LogP contribution >= 0.6 is 34.4 Å². The number of thiophene rings is 1. The SMILES string of the molecule is Cc1csc(C(=O)Nc2nnc(SCC(=O)Nc3ccc([N+](=O)[O-])cc3)s2)c1. The molecule has 3 aromatic rings. The number of nitrogens with zero attached hydrogens (tertiary/aromatic N) is 3. The highest BCUT2D eigenvalue weighted by Gasteiger charge is 2.13. The molecule has 0 spiro atoms. The predicted molar refractivity (Wildman–Crippen MR) is 109 cm³/mol. The number of aromatic nitrogens is 2. The minimum Gasteiger partial charge on any atom is -0.325 e. The summed E-state index contributed by atoms with van der Waals surface area (Å²) < 4.78 is 0.538. The second-order valence-corrected chi connectivity index (χ2v) is 8.57. The topological polar surface area (TPSA) is 127 Å². The number of thioether (sulfide) groups is 1. The maximum Gasteiger partial charge on any atom is 0.269 e. The van der Waals surface area contributed by atoms with Gasteiger partial charge in [0.05, 0.1) is 15.6 Å². The Morgan fingerprint density at radius 1 is 1.21 bits per heavy atom. The van der Waals surface area contributed by atoms with Crippen LogP contribution < -0.4 is 10.6 Å². The molecule has 9 nitrogen and oxygen atoms in total. The Morgan fingerprint density at radius 2 is 1.96 bits per heavy atom. The van der Waals surface area contributed by atoms with Crippen LogP contribution in [0, 0.1) is 17.0 Å². The number of nitro benzene ring substituents is 1. The zero-order chi connectivity index (χ0) is 20.1. The standard InChI is InChI=1S/C16H13N5O4S3/c1-9-6-12(26-7-9)14(23)18-15-19-20-16(28-15)27-8-13(22)17-10-2-4-11(5-3-10)21(24)25/h2-7H,8H2,1H3,(H,17,22)(H,18,19,23). The van der Waals surface area contributed by atoms with E-state index < -0.39 is 4.92 Å². The molecule has 0 aliphatic carbocycles. The fourth-order valence-electron chi connectivity index (χ4n) is 2.02. The average Bonchev–Trinajstić information content (AvgIpc) is 3.29. The first kappa shape index (κ1) is 19.9. The van der Waals surface area contributed by atoms with Crippen molar-refractivity contribution in [1.82, 2.24) is 10.2 Å². The van der Waals surface area contributed by atoms with Crippen LogP contribution in [-0.2, 0) is 4.79 Å².